The quantitative estimate of drug-likeness (QED) is 0.358. The molecule has 7 nitrogen and oxygen atoms in total. The fourth-order valence-electron chi connectivity index (χ4n) is 2.88. The average molecular weight is 523 g/mol. The number of carbonyl (C=O) groups is 1. The Labute approximate surface area is 189 Å². The zero-order valence-electron chi connectivity index (χ0n) is 17.8. The molecule has 28 heavy (non-hydrogen) atoms. The van der Waals surface area contributed by atoms with E-state index in [1.54, 1.807) is 18.4 Å². The van der Waals surface area contributed by atoms with Gasteiger partial charge in [0.05, 0.1) is 12.2 Å². The Hall–Kier alpha value is -1.10. The molecule has 1 aromatic heterocycles. The van der Waals surface area contributed by atoms with Gasteiger partial charge >= 0.3 is 6.09 Å². The summed E-state index contributed by atoms with van der Waals surface area (Å²) in [6.07, 6.45) is 1.72. The molecule has 9 heteroatoms. The van der Waals surface area contributed by atoms with Gasteiger partial charge in [-0.05, 0) is 53.4 Å². The second kappa shape index (κ2) is 11.2. The van der Waals surface area contributed by atoms with Crippen LogP contribution in [0.5, 0.6) is 0 Å². The number of hydrogen-bond acceptors (Lipinski definition) is 5. The monoisotopic (exact) mass is 523 g/mol. The van der Waals surface area contributed by atoms with Gasteiger partial charge in [0.15, 0.2) is 5.96 Å². The maximum absolute atomic E-state index is 12.1. The maximum atomic E-state index is 12.1. The molecule has 0 atom stereocenters. The highest BCUT2D eigenvalue weighted by Gasteiger charge is 2.26. The highest BCUT2D eigenvalue weighted by Crippen LogP contribution is 2.19. The molecule has 1 aliphatic rings. The summed E-state index contributed by atoms with van der Waals surface area (Å²) in [5.74, 6) is 1.31. The van der Waals surface area contributed by atoms with Crippen LogP contribution in [0.2, 0.25) is 0 Å². The molecule has 1 amide bonds. The molecule has 2 rings (SSSR count). The summed E-state index contributed by atoms with van der Waals surface area (Å²) in [6, 6.07) is 0. The van der Waals surface area contributed by atoms with Crippen molar-refractivity contribution < 1.29 is 9.53 Å². The van der Waals surface area contributed by atoms with E-state index in [0.29, 0.717) is 12.5 Å². The molecular weight excluding hydrogens is 489 g/mol. The van der Waals surface area contributed by atoms with E-state index >= 15 is 0 Å². The summed E-state index contributed by atoms with van der Waals surface area (Å²) in [5, 5.41) is 7.78. The average Bonchev–Trinajstić information content (AvgIpc) is 2.92. The minimum absolute atomic E-state index is 0. The second-order valence-corrected chi connectivity index (χ2v) is 9.25. The van der Waals surface area contributed by atoms with Gasteiger partial charge in [-0.3, -0.25) is 4.99 Å². The van der Waals surface area contributed by atoms with E-state index in [0.717, 1.165) is 49.1 Å². The fraction of sp³-hybridized carbons (Fsp3) is 0.737. The molecule has 0 radical (unpaired) electrons. The highest BCUT2D eigenvalue weighted by atomic mass is 127. The van der Waals surface area contributed by atoms with Crippen molar-refractivity contribution in [1.82, 2.24) is 20.5 Å². The summed E-state index contributed by atoms with van der Waals surface area (Å²) < 4.78 is 5.45. The normalized spacial score (nSPS) is 15.8. The molecule has 0 bridgehead atoms. The molecule has 0 spiro atoms. The molecule has 0 unspecified atom stereocenters. The Kier molecular flexibility index (Phi) is 9.96. The van der Waals surface area contributed by atoms with Gasteiger partial charge in [0.25, 0.3) is 0 Å². The van der Waals surface area contributed by atoms with Crippen molar-refractivity contribution in [3.05, 3.63) is 15.6 Å². The molecule has 0 aromatic carbocycles. The Bertz CT molecular complexity index is 644. The number of ether oxygens (including phenoxy) is 1. The van der Waals surface area contributed by atoms with Gasteiger partial charge in [-0.25, -0.2) is 9.78 Å². The lowest BCUT2D eigenvalue weighted by atomic mass is 9.97. The Morgan fingerprint density at radius 3 is 2.43 bits per heavy atom. The number of thiazole rings is 1. The Balaban J connectivity index is 0.00000392. The zero-order chi connectivity index (χ0) is 20.0. The maximum Gasteiger partial charge on any atom is 0.410 e. The molecule has 0 saturated carbocycles. The van der Waals surface area contributed by atoms with Crippen molar-refractivity contribution in [2.24, 2.45) is 10.9 Å². The summed E-state index contributed by atoms with van der Waals surface area (Å²) in [7, 11) is 1.78. The molecule has 0 aliphatic carbocycles. The predicted molar refractivity (Wildman–Crippen MR) is 126 cm³/mol. The number of carbonyl (C=O) groups excluding carboxylic acids is 1. The molecule has 1 aromatic rings. The standard InChI is InChI=1S/C19H33N5O2S.HI/c1-13-14(2)27-16(23-13)12-22-17(20-6)21-11-15-7-9-24(10-8-15)18(25)26-19(3,4)5;/h15H,7-12H2,1-6H3,(H2,20,21,22);1H. The second-order valence-electron chi connectivity index (χ2n) is 7.97. The van der Waals surface area contributed by atoms with Crippen molar-refractivity contribution in [1.29, 1.82) is 0 Å². The smallest absolute Gasteiger partial charge is 0.410 e. The van der Waals surface area contributed by atoms with Crippen molar-refractivity contribution in [2.45, 2.75) is 59.6 Å². The summed E-state index contributed by atoms with van der Waals surface area (Å²) in [6.45, 7) is 12.8. The van der Waals surface area contributed by atoms with Crippen LogP contribution in [0.15, 0.2) is 4.99 Å². The number of halogens is 1. The number of amides is 1. The first kappa shape index (κ1) is 24.9. The van der Waals surface area contributed by atoms with E-state index < -0.39 is 5.60 Å². The number of nitrogens with one attached hydrogen (secondary N) is 2. The molecule has 1 saturated heterocycles. The predicted octanol–water partition coefficient (Wildman–Crippen LogP) is 3.69. The van der Waals surface area contributed by atoms with Crippen LogP contribution >= 0.6 is 35.3 Å². The summed E-state index contributed by atoms with van der Waals surface area (Å²) in [4.78, 5) is 24.0. The Morgan fingerprint density at radius 2 is 1.93 bits per heavy atom. The van der Waals surface area contributed by atoms with E-state index in [4.69, 9.17) is 4.74 Å². The summed E-state index contributed by atoms with van der Waals surface area (Å²) >= 11 is 1.71. The van der Waals surface area contributed by atoms with Gasteiger partial charge in [0, 0.05) is 31.6 Å². The van der Waals surface area contributed by atoms with E-state index in [2.05, 4.69) is 27.5 Å². The number of nitrogens with zero attached hydrogens (tertiary/aromatic N) is 3. The van der Waals surface area contributed by atoms with Gasteiger partial charge in [-0.1, -0.05) is 0 Å². The van der Waals surface area contributed by atoms with Crippen molar-refractivity contribution in [3.63, 3.8) is 0 Å². The highest BCUT2D eigenvalue weighted by molar-refractivity contribution is 14.0. The van der Waals surface area contributed by atoms with E-state index in [1.165, 1.54) is 4.88 Å². The Morgan fingerprint density at radius 1 is 1.29 bits per heavy atom. The fourth-order valence-corrected chi connectivity index (χ4v) is 3.76. The number of aryl methyl sites for hydroxylation is 2. The van der Waals surface area contributed by atoms with Crippen LogP contribution in [-0.2, 0) is 11.3 Å². The zero-order valence-corrected chi connectivity index (χ0v) is 20.9. The lowest BCUT2D eigenvalue weighted by Gasteiger charge is -2.33. The lowest BCUT2D eigenvalue weighted by molar-refractivity contribution is 0.0185. The lowest BCUT2D eigenvalue weighted by Crippen LogP contribution is -2.45. The third-order valence-electron chi connectivity index (χ3n) is 4.53. The van der Waals surface area contributed by atoms with E-state index in [1.807, 2.05) is 32.6 Å². The minimum Gasteiger partial charge on any atom is -0.444 e. The molecular formula is C19H34IN5O2S. The van der Waals surface area contributed by atoms with E-state index in [9.17, 15) is 4.79 Å². The van der Waals surface area contributed by atoms with Crippen LogP contribution in [0.3, 0.4) is 0 Å². The van der Waals surface area contributed by atoms with Gasteiger partial charge in [0.2, 0.25) is 0 Å². The number of aliphatic imine (C=N–C) groups is 1. The number of rotatable bonds is 4. The molecule has 1 aliphatic heterocycles. The number of aromatic nitrogens is 1. The van der Waals surface area contributed by atoms with Crippen molar-refractivity contribution in [3.8, 4) is 0 Å². The molecule has 2 heterocycles. The number of guanidine groups is 1. The van der Waals surface area contributed by atoms with Crippen LogP contribution in [0.1, 0.15) is 49.2 Å². The third kappa shape index (κ3) is 8.10. The van der Waals surface area contributed by atoms with Crippen LogP contribution in [0, 0.1) is 19.8 Å². The molecule has 160 valence electrons. The van der Waals surface area contributed by atoms with Crippen LogP contribution in [0.4, 0.5) is 4.79 Å². The molecule has 1 fully saturated rings. The van der Waals surface area contributed by atoms with Gasteiger partial charge in [0.1, 0.15) is 10.6 Å². The topological polar surface area (TPSA) is 78.9 Å². The van der Waals surface area contributed by atoms with Crippen molar-refractivity contribution in [2.75, 3.05) is 26.7 Å². The SMILES string of the molecule is CN=C(NCc1nc(C)c(C)s1)NCC1CCN(C(=O)OC(C)(C)C)CC1.I. The number of hydrogen-bond donors (Lipinski definition) is 2. The minimum atomic E-state index is -0.442. The van der Waals surface area contributed by atoms with Crippen LogP contribution in [-0.4, -0.2) is 54.2 Å². The number of likely N-dealkylation sites (tertiary alicyclic amines) is 1. The largest absolute Gasteiger partial charge is 0.444 e. The van der Waals surface area contributed by atoms with Crippen LogP contribution < -0.4 is 10.6 Å². The van der Waals surface area contributed by atoms with Gasteiger partial charge in [-0.15, -0.1) is 35.3 Å². The first-order valence-corrected chi connectivity index (χ1v) is 10.3. The van der Waals surface area contributed by atoms with Crippen LogP contribution in [0.25, 0.3) is 0 Å². The number of piperidine rings is 1. The van der Waals surface area contributed by atoms with Gasteiger partial charge in [-0.2, -0.15) is 0 Å². The first-order chi connectivity index (χ1) is 12.7. The molecule has 2 N–H and O–H groups in total. The third-order valence-corrected chi connectivity index (χ3v) is 5.60. The summed E-state index contributed by atoms with van der Waals surface area (Å²) in [5.41, 5.74) is 0.652. The first-order valence-electron chi connectivity index (χ1n) is 9.53. The van der Waals surface area contributed by atoms with Crippen molar-refractivity contribution >= 4 is 47.4 Å². The van der Waals surface area contributed by atoms with E-state index in [-0.39, 0.29) is 30.1 Å². The van der Waals surface area contributed by atoms with Gasteiger partial charge < -0.3 is 20.3 Å².